The number of hydrogen-bond donors (Lipinski definition) is 2. The summed E-state index contributed by atoms with van der Waals surface area (Å²) < 4.78 is 1.75. The molecule has 4 heterocycles. The van der Waals surface area contributed by atoms with Gasteiger partial charge in [0, 0.05) is 41.1 Å². The molecule has 0 radical (unpaired) electrons. The van der Waals surface area contributed by atoms with E-state index in [1.165, 1.54) is 0 Å². The van der Waals surface area contributed by atoms with E-state index in [4.69, 9.17) is 0 Å². The minimum absolute atomic E-state index is 0.293. The van der Waals surface area contributed by atoms with E-state index in [-0.39, 0.29) is 0 Å². The summed E-state index contributed by atoms with van der Waals surface area (Å²) in [5.74, 6) is 0.627. The summed E-state index contributed by atoms with van der Waals surface area (Å²) >= 11 is 0. The second-order valence-corrected chi connectivity index (χ2v) is 5.44. The van der Waals surface area contributed by atoms with E-state index in [1.807, 2.05) is 30.7 Å². The highest BCUT2D eigenvalue weighted by Gasteiger charge is 2.10. The maximum atomic E-state index is 4.50. The first-order valence-corrected chi connectivity index (χ1v) is 7.11. The molecule has 0 atom stereocenters. The lowest BCUT2D eigenvalue weighted by Crippen LogP contribution is -2.12. The van der Waals surface area contributed by atoms with Crippen LogP contribution in [-0.2, 0) is 0 Å². The second kappa shape index (κ2) is 4.80. The van der Waals surface area contributed by atoms with E-state index < -0.39 is 0 Å². The standard InChI is InChI=1S/C15H15N7/c1-9(2)20-15-17-6-12-11(5-16-14(12)21-15)10-3-4-13-18-8-19-22(13)7-10/h3-9H,1-2H3,(H2,16,17,20,21). The molecule has 22 heavy (non-hydrogen) atoms. The molecule has 7 heteroatoms. The molecule has 4 aromatic heterocycles. The summed E-state index contributed by atoms with van der Waals surface area (Å²) in [5, 5.41) is 8.35. The first-order chi connectivity index (χ1) is 10.7. The molecule has 0 spiro atoms. The summed E-state index contributed by atoms with van der Waals surface area (Å²) in [6.45, 7) is 4.11. The number of rotatable bonds is 3. The van der Waals surface area contributed by atoms with Crippen molar-refractivity contribution in [1.29, 1.82) is 0 Å². The van der Waals surface area contributed by atoms with Gasteiger partial charge in [-0.05, 0) is 26.0 Å². The van der Waals surface area contributed by atoms with E-state index >= 15 is 0 Å². The van der Waals surface area contributed by atoms with Gasteiger partial charge in [-0.2, -0.15) is 10.1 Å². The molecule has 0 saturated heterocycles. The smallest absolute Gasteiger partial charge is 0.224 e. The molecule has 7 nitrogen and oxygen atoms in total. The van der Waals surface area contributed by atoms with Crippen LogP contribution in [-0.4, -0.2) is 35.6 Å². The molecule has 110 valence electrons. The quantitative estimate of drug-likeness (QED) is 0.606. The van der Waals surface area contributed by atoms with Crippen molar-refractivity contribution in [3.05, 3.63) is 37.1 Å². The fourth-order valence-electron chi connectivity index (χ4n) is 2.45. The van der Waals surface area contributed by atoms with Crippen LogP contribution < -0.4 is 5.32 Å². The topological polar surface area (TPSA) is 83.8 Å². The molecule has 0 aromatic carbocycles. The van der Waals surface area contributed by atoms with Gasteiger partial charge in [-0.15, -0.1) is 0 Å². The number of H-pyrrole nitrogens is 1. The Morgan fingerprint density at radius 2 is 2.14 bits per heavy atom. The number of anilines is 1. The van der Waals surface area contributed by atoms with E-state index in [0.29, 0.717) is 12.0 Å². The Kier molecular flexibility index (Phi) is 2.78. The van der Waals surface area contributed by atoms with E-state index in [9.17, 15) is 0 Å². The van der Waals surface area contributed by atoms with Crippen LogP contribution in [0.4, 0.5) is 5.95 Å². The van der Waals surface area contributed by atoms with Gasteiger partial charge in [-0.3, -0.25) is 0 Å². The molecule has 2 N–H and O–H groups in total. The third kappa shape index (κ3) is 2.07. The minimum atomic E-state index is 0.293. The Balaban J connectivity index is 1.81. The van der Waals surface area contributed by atoms with Gasteiger partial charge in [0.2, 0.25) is 5.95 Å². The molecule has 0 aliphatic carbocycles. The largest absolute Gasteiger partial charge is 0.352 e. The average molecular weight is 293 g/mol. The first-order valence-electron chi connectivity index (χ1n) is 7.11. The SMILES string of the molecule is CC(C)Nc1ncc2c(-c3ccc4ncnn4c3)c[nH]c2n1. The van der Waals surface area contributed by atoms with Crippen molar-refractivity contribution in [2.75, 3.05) is 5.32 Å². The zero-order valence-electron chi connectivity index (χ0n) is 12.3. The van der Waals surface area contributed by atoms with Gasteiger partial charge in [-0.25, -0.2) is 14.5 Å². The average Bonchev–Trinajstić information content (AvgIpc) is 3.11. The number of nitrogens with zero attached hydrogens (tertiary/aromatic N) is 5. The van der Waals surface area contributed by atoms with Crippen LogP contribution in [0.2, 0.25) is 0 Å². The summed E-state index contributed by atoms with van der Waals surface area (Å²) in [6, 6.07) is 4.26. The van der Waals surface area contributed by atoms with Gasteiger partial charge in [0.05, 0.1) is 0 Å². The summed E-state index contributed by atoms with van der Waals surface area (Å²) in [7, 11) is 0. The van der Waals surface area contributed by atoms with Gasteiger partial charge >= 0.3 is 0 Å². The van der Waals surface area contributed by atoms with Crippen molar-refractivity contribution in [1.82, 2.24) is 29.5 Å². The van der Waals surface area contributed by atoms with E-state index in [2.05, 4.69) is 44.2 Å². The highest BCUT2D eigenvalue weighted by Crippen LogP contribution is 2.27. The van der Waals surface area contributed by atoms with Crippen LogP contribution in [0.3, 0.4) is 0 Å². The fourth-order valence-corrected chi connectivity index (χ4v) is 2.45. The van der Waals surface area contributed by atoms with Crippen LogP contribution in [0.1, 0.15) is 13.8 Å². The lowest BCUT2D eigenvalue weighted by molar-refractivity contribution is 0.877. The highest BCUT2D eigenvalue weighted by atomic mass is 15.3. The molecule has 0 unspecified atom stereocenters. The van der Waals surface area contributed by atoms with E-state index in [1.54, 1.807) is 10.8 Å². The Bertz CT molecular complexity index is 951. The van der Waals surface area contributed by atoms with E-state index in [0.717, 1.165) is 27.8 Å². The van der Waals surface area contributed by atoms with Crippen molar-refractivity contribution in [3.8, 4) is 11.1 Å². The Morgan fingerprint density at radius 3 is 3.00 bits per heavy atom. The van der Waals surface area contributed by atoms with Crippen molar-refractivity contribution in [3.63, 3.8) is 0 Å². The molecule has 0 aliphatic rings. The van der Waals surface area contributed by atoms with Gasteiger partial charge in [0.25, 0.3) is 0 Å². The molecule has 4 aromatic rings. The van der Waals surface area contributed by atoms with Gasteiger partial charge < -0.3 is 10.3 Å². The van der Waals surface area contributed by atoms with Crippen LogP contribution >= 0.6 is 0 Å². The molecule has 4 rings (SSSR count). The van der Waals surface area contributed by atoms with Gasteiger partial charge in [0.1, 0.15) is 12.0 Å². The first kappa shape index (κ1) is 12.8. The minimum Gasteiger partial charge on any atom is -0.352 e. The molecule has 0 saturated carbocycles. The Hall–Kier alpha value is -2.96. The number of nitrogens with one attached hydrogen (secondary N) is 2. The molecular formula is C15H15N7. The van der Waals surface area contributed by atoms with Crippen molar-refractivity contribution in [2.45, 2.75) is 19.9 Å². The zero-order valence-corrected chi connectivity index (χ0v) is 12.3. The number of aromatic amines is 1. The number of hydrogen-bond acceptors (Lipinski definition) is 5. The molecule has 0 fully saturated rings. The summed E-state index contributed by atoms with van der Waals surface area (Å²) in [4.78, 5) is 16.2. The molecule has 0 aliphatic heterocycles. The predicted molar refractivity (Wildman–Crippen MR) is 84.6 cm³/mol. The van der Waals surface area contributed by atoms with Gasteiger partial charge in [0.15, 0.2) is 5.65 Å². The second-order valence-electron chi connectivity index (χ2n) is 5.44. The van der Waals surface area contributed by atoms with Crippen molar-refractivity contribution >= 4 is 22.6 Å². The lowest BCUT2D eigenvalue weighted by atomic mass is 10.1. The maximum Gasteiger partial charge on any atom is 0.224 e. The Labute approximate surface area is 126 Å². The maximum absolute atomic E-state index is 4.50. The van der Waals surface area contributed by atoms with Crippen LogP contribution in [0.15, 0.2) is 37.1 Å². The van der Waals surface area contributed by atoms with Crippen LogP contribution in [0.25, 0.3) is 27.8 Å². The number of fused-ring (bicyclic) bond motifs is 2. The predicted octanol–water partition coefficient (Wildman–Crippen LogP) is 2.49. The molecular weight excluding hydrogens is 278 g/mol. The highest BCUT2D eigenvalue weighted by molar-refractivity contribution is 5.93. The van der Waals surface area contributed by atoms with Crippen molar-refractivity contribution in [2.24, 2.45) is 0 Å². The molecule has 0 amide bonds. The third-order valence-corrected chi connectivity index (χ3v) is 3.44. The number of aromatic nitrogens is 6. The summed E-state index contributed by atoms with van der Waals surface area (Å²) in [6.07, 6.45) is 7.27. The van der Waals surface area contributed by atoms with Crippen LogP contribution in [0, 0.1) is 0 Å². The number of pyridine rings is 1. The molecule has 0 bridgehead atoms. The zero-order chi connectivity index (χ0) is 15.1. The van der Waals surface area contributed by atoms with Crippen molar-refractivity contribution < 1.29 is 0 Å². The normalized spacial score (nSPS) is 11.6. The van der Waals surface area contributed by atoms with Gasteiger partial charge in [-0.1, -0.05) is 0 Å². The van der Waals surface area contributed by atoms with Crippen LogP contribution in [0.5, 0.6) is 0 Å². The summed E-state index contributed by atoms with van der Waals surface area (Å²) in [5.41, 5.74) is 3.72. The third-order valence-electron chi connectivity index (χ3n) is 3.44. The monoisotopic (exact) mass is 293 g/mol. The fraction of sp³-hybridized carbons (Fsp3) is 0.200. The Morgan fingerprint density at radius 1 is 1.23 bits per heavy atom. The lowest BCUT2D eigenvalue weighted by Gasteiger charge is -2.07.